The SMILES string of the molecule is O=S1(=O)CCN(S(=O)(=O)c2ccc(Br)cc2)CCC1c1ccccc1. The maximum absolute atomic E-state index is 12.8. The summed E-state index contributed by atoms with van der Waals surface area (Å²) < 4.78 is 53.0. The average molecular weight is 444 g/mol. The first-order valence-electron chi connectivity index (χ1n) is 7.83. The van der Waals surface area contributed by atoms with Crippen LogP contribution in [0, 0.1) is 0 Å². The molecule has 8 heteroatoms. The molecule has 0 spiro atoms. The summed E-state index contributed by atoms with van der Waals surface area (Å²) in [6, 6.07) is 15.3. The summed E-state index contributed by atoms with van der Waals surface area (Å²) in [5.41, 5.74) is 0.713. The van der Waals surface area contributed by atoms with E-state index in [4.69, 9.17) is 0 Å². The lowest BCUT2D eigenvalue weighted by Crippen LogP contribution is -2.33. The van der Waals surface area contributed by atoms with Crippen molar-refractivity contribution in [3.8, 4) is 0 Å². The summed E-state index contributed by atoms with van der Waals surface area (Å²) in [5.74, 6) is -0.178. The van der Waals surface area contributed by atoms with Gasteiger partial charge < -0.3 is 0 Å². The molecule has 3 rings (SSSR count). The first kappa shape index (κ1) is 18.6. The van der Waals surface area contributed by atoms with E-state index in [0.29, 0.717) is 5.56 Å². The highest BCUT2D eigenvalue weighted by atomic mass is 79.9. The largest absolute Gasteiger partial charge is 0.243 e. The number of hydrogen-bond donors (Lipinski definition) is 0. The quantitative estimate of drug-likeness (QED) is 0.730. The first-order chi connectivity index (χ1) is 11.8. The van der Waals surface area contributed by atoms with Crippen LogP contribution in [-0.4, -0.2) is 40.0 Å². The molecule has 134 valence electrons. The Morgan fingerprint density at radius 2 is 1.60 bits per heavy atom. The number of hydrogen-bond acceptors (Lipinski definition) is 4. The monoisotopic (exact) mass is 443 g/mol. The molecule has 2 aromatic rings. The van der Waals surface area contributed by atoms with Gasteiger partial charge in [-0.25, -0.2) is 16.8 Å². The second kappa shape index (κ2) is 7.19. The fourth-order valence-electron chi connectivity index (χ4n) is 2.96. The number of sulfone groups is 1. The van der Waals surface area contributed by atoms with Gasteiger partial charge in [-0.1, -0.05) is 46.3 Å². The fourth-order valence-corrected chi connectivity index (χ4v) is 6.59. The maximum atomic E-state index is 12.8. The minimum Gasteiger partial charge on any atom is -0.228 e. The van der Waals surface area contributed by atoms with Crippen LogP contribution in [0.5, 0.6) is 0 Å². The minimum absolute atomic E-state index is 0.0237. The molecular formula is C17H18BrNO4S2. The molecule has 1 aliphatic heterocycles. The standard InChI is InChI=1S/C17H18BrNO4S2/c18-15-6-8-16(9-7-15)25(22,23)19-11-10-17(24(20,21)13-12-19)14-4-2-1-3-5-14/h1-9,17H,10-13H2. The predicted molar refractivity (Wildman–Crippen MR) is 100 cm³/mol. The van der Waals surface area contributed by atoms with Crippen LogP contribution < -0.4 is 0 Å². The lowest BCUT2D eigenvalue weighted by molar-refractivity contribution is 0.428. The second-order valence-electron chi connectivity index (χ2n) is 5.91. The molecule has 1 heterocycles. The van der Waals surface area contributed by atoms with E-state index in [-0.39, 0.29) is 30.2 Å². The molecule has 0 bridgehead atoms. The molecule has 1 atom stereocenters. The van der Waals surface area contributed by atoms with Crippen molar-refractivity contribution < 1.29 is 16.8 Å². The molecule has 2 aromatic carbocycles. The van der Waals surface area contributed by atoms with E-state index in [1.165, 1.54) is 16.4 Å². The van der Waals surface area contributed by atoms with E-state index in [9.17, 15) is 16.8 Å². The molecular weight excluding hydrogens is 426 g/mol. The van der Waals surface area contributed by atoms with E-state index in [0.717, 1.165) is 4.47 Å². The van der Waals surface area contributed by atoms with Crippen molar-refractivity contribution >= 4 is 35.8 Å². The van der Waals surface area contributed by atoms with Crippen LogP contribution in [0.15, 0.2) is 64.0 Å². The fraction of sp³-hybridized carbons (Fsp3) is 0.294. The van der Waals surface area contributed by atoms with Crippen LogP contribution in [0.1, 0.15) is 17.2 Å². The molecule has 0 aromatic heterocycles. The van der Waals surface area contributed by atoms with E-state index in [1.807, 2.05) is 6.07 Å². The molecule has 0 amide bonds. The smallest absolute Gasteiger partial charge is 0.228 e. The van der Waals surface area contributed by atoms with Gasteiger partial charge in [-0.05, 0) is 36.2 Å². The van der Waals surface area contributed by atoms with Gasteiger partial charge in [-0.2, -0.15) is 4.31 Å². The van der Waals surface area contributed by atoms with Gasteiger partial charge in [0, 0.05) is 17.6 Å². The van der Waals surface area contributed by atoms with Crippen LogP contribution in [0.2, 0.25) is 0 Å². The van der Waals surface area contributed by atoms with Crippen molar-refractivity contribution in [3.63, 3.8) is 0 Å². The zero-order valence-electron chi connectivity index (χ0n) is 13.4. The van der Waals surface area contributed by atoms with Gasteiger partial charge in [0.15, 0.2) is 9.84 Å². The molecule has 0 radical (unpaired) electrons. The second-order valence-corrected chi connectivity index (χ2v) is 11.1. The van der Waals surface area contributed by atoms with E-state index < -0.39 is 25.1 Å². The van der Waals surface area contributed by atoms with Crippen molar-refractivity contribution in [2.75, 3.05) is 18.8 Å². The van der Waals surface area contributed by atoms with Crippen LogP contribution in [0.3, 0.4) is 0 Å². The molecule has 1 unspecified atom stereocenters. The van der Waals surface area contributed by atoms with Crippen molar-refractivity contribution in [3.05, 3.63) is 64.6 Å². The summed E-state index contributed by atoms with van der Waals surface area (Å²) in [7, 11) is -7.12. The Bertz CT molecular complexity index is 942. The lowest BCUT2D eigenvalue weighted by atomic mass is 10.1. The number of halogens is 1. The molecule has 1 aliphatic rings. The Kier molecular flexibility index (Phi) is 5.34. The molecule has 0 saturated carbocycles. The van der Waals surface area contributed by atoms with Crippen molar-refractivity contribution in [2.45, 2.75) is 16.6 Å². The van der Waals surface area contributed by atoms with Gasteiger partial charge in [0.25, 0.3) is 0 Å². The third kappa shape index (κ3) is 3.97. The topological polar surface area (TPSA) is 71.5 Å². The molecule has 5 nitrogen and oxygen atoms in total. The third-order valence-electron chi connectivity index (χ3n) is 4.32. The Balaban J connectivity index is 1.89. The highest BCUT2D eigenvalue weighted by Gasteiger charge is 2.35. The Morgan fingerprint density at radius 1 is 0.960 bits per heavy atom. The summed E-state index contributed by atoms with van der Waals surface area (Å²) in [5, 5.41) is -0.668. The van der Waals surface area contributed by atoms with Crippen molar-refractivity contribution in [1.29, 1.82) is 0 Å². The van der Waals surface area contributed by atoms with Gasteiger partial charge in [0.2, 0.25) is 10.0 Å². The summed E-state index contributed by atoms with van der Waals surface area (Å²) in [6.07, 6.45) is 0.252. The highest BCUT2D eigenvalue weighted by molar-refractivity contribution is 9.10. The molecule has 0 aliphatic carbocycles. The average Bonchev–Trinajstić information content (AvgIpc) is 2.74. The third-order valence-corrected chi connectivity index (χ3v) is 8.89. The van der Waals surface area contributed by atoms with Crippen LogP contribution in [0.25, 0.3) is 0 Å². The molecule has 1 saturated heterocycles. The van der Waals surface area contributed by atoms with Crippen LogP contribution in [0.4, 0.5) is 0 Å². The molecule has 0 N–H and O–H groups in total. The van der Waals surface area contributed by atoms with Gasteiger partial charge in [0.1, 0.15) is 0 Å². The van der Waals surface area contributed by atoms with E-state index in [1.54, 1.807) is 36.4 Å². The van der Waals surface area contributed by atoms with E-state index in [2.05, 4.69) is 15.9 Å². The van der Waals surface area contributed by atoms with Crippen LogP contribution >= 0.6 is 15.9 Å². The van der Waals surface area contributed by atoms with E-state index >= 15 is 0 Å². The first-order valence-corrected chi connectivity index (χ1v) is 11.8. The Morgan fingerprint density at radius 3 is 2.24 bits per heavy atom. The number of nitrogens with zero attached hydrogens (tertiary/aromatic N) is 1. The Hall–Kier alpha value is -1.22. The van der Waals surface area contributed by atoms with Gasteiger partial charge in [-0.15, -0.1) is 0 Å². The highest BCUT2D eigenvalue weighted by Crippen LogP contribution is 2.31. The van der Waals surface area contributed by atoms with Crippen molar-refractivity contribution in [2.24, 2.45) is 0 Å². The normalized spacial score (nSPS) is 21.6. The minimum atomic E-state index is -3.71. The lowest BCUT2D eigenvalue weighted by Gasteiger charge is -2.19. The predicted octanol–water partition coefficient (Wildman–Crippen LogP) is 3.00. The number of benzene rings is 2. The van der Waals surface area contributed by atoms with Crippen LogP contribution in [-0.2, 0) is 19.9 Å². The Labute approximate surface area is 156 Å². The summed E-state index contributed by atoms with van der Waals surface area (Å²) in [6.45, 7) is 0.154. The number of rotatable bonds is 3. The van der Waals surface area contributed by atoms with Gasteiger partial charge >= 0.3 is 0 Å². The zero-order valence-corrected chi connectivity index (χ0v) is 16.6. The molecule has 1 fully saturated rings. The van der Waals surface area contributed by atoms with Gasteiger partial charge in [0.05, 0.1) is 15.9 Å². The summed E-state index contributed by atoms with van der Waals surface area (Å²) >= 11 is 3.28. The number of sulfonamides is 1. The van der Waals surface area contributed by atoms with Gasteiger partial charge in [-0.3, -0.25) is 0 Å². The maximum Gasteiger partial charge on any atom is 0.243 e. The summed E-state index contributed by atoms with van der Waals surface area (Å²) in [4.78, 5) is 0.172. The molecule has 25 heavy (non-hydrogen) atoms. The van der Waals surface area contributed by atoms with Crippen molar-refractivity contribution in [1.82, 2.24) is 4.31 Å². The zero-order chi connectivity index (χ0) is 18.1.